The van der Waals surface area contributed by atoms with Gasteiger partial charge in [-0.05, 0) is 30.7 Å². The fourth-order valence-corrected chi connectivity index (χ4v) is 2.48. The third-order valence-electron chi connectivity index (χ3n) is 3.26. The van der Waals surface area contributed by atoms with Gasteiger partial charge in [0.1, 0.15) is 11.0 Å². The summed E-state index contributed by atoms with van der Waals surface area (Å²) in [6.45, 7) is 3.49. The summed E-state index contributed by atoms with van der Waals surface area (Å²) in [5.41, 5.74) is 13.8. The Morgan fingerprint density at radius 3 is 2.79 bits per heavy atom. The van der Waals surface area contributed by atoms with E-state index in [2.05, 4.69) is 0 Å². The highest BCUT2D eigenvalue weighted by atomic mass is 32.1. The van der Waals surface area contributed by atoms with E-state index < -0.39 is 6.04 Å². The van der Waals surface area contributed by atoms with Crippen molar-refractivity contribution in [2.24, 2.45) is 11.5 Å². The number of nitrogens with zero attached hydrogens (tertiary/aromatic N) is 1. The number of hydrogen-bond donors (Lipinski definition) is 2. The highest BCUT2D eigenvalue weighted by molar-refractivity contribution is 7.80. The minimum absolute atomic E-state index is 0.325. The van der Waals surface area contributed by atoms with E-state index in [-0.39, 0.29) is 5.91 Å². The molecule has 1 aliphatic rings. The van der Waals surface area contributed by atoms with E-state index >= 15 is 0 Å². The highest BCUT2D eigenvalue weighted by Crippen LogP contribution is 2.23. The molecule has 0 saturated carbocycles. The molecule has 1 fully saturated rings. The Morgan fingerprint density at radius 1 is 1.47 bits per heavy atom. The smallest absolute Gasteiger partial charge is 0.242 e. The molecule has 5 nitrogen and oxygen atoms in total. The maximum atomic E-state index is 11.5. The van der Waals surface area contributed by atoms with Crippen LogP contribution in [0.3, 0.4) is 0 Å². The zero-order valence-corrected chi connectivity index (χ0v) is 11.6. The van der Waals surface area contributed by atoms with E-state index in [4.69, 9.17) is 28.4 Å². The van der Waals surface area contributed by atoms with E-state index in [1.165, 1.54) is 0 Å². The van der Waals surface area contributed by atoms with Gasteiger partial charge >= 0.3 is 0 Å². The first-order valence-corrected chi connectivity index (χ1v) is 6.45. The quantitative estimate of drug-likeness (QED) is 0.779. The number of morpholine rings is 1. The predicted molar refractivity (Wildman–Crippen MR) is 78.2 cm³/mol. The van der Waals surface area contributed by atoms with Crippen LogP contribution in [0.4, 0.5) is 5.69 Å². The van der Waals surface area contributed by atoms with Crippen molar-refractivity contribution in [3.63, 3.8) is 0 Å². The van der Waals surface area contributed by atoms with E-state index in [9.17, 15) is 4.79 Å². The largest absolute Gasteiger partial charge is 0.389 e. The van der Waals surface area contributed by atoms with Crippen LogP contribution in [0.25, 0.3) is 0 Å². The molecule has 1 amide bonds. The van der Waals surface area contributed by atoms with Gasteiger partial charge in [0.15, 0.2) is 0 Å². The second kappa shape index (κ2) is 5.54. The molecule has 1 aromatic carbocycles. The summed E-state index contributed by atoms with van der Waals surface area (Å²) in [4.78, 5) is 13.8. The topological polar surface area (TPSA) is 81.6 Å². The molecule has 1 saturated heterocycles. The van der Waals surface area contributed by atoms with Gasteiger partial charge in [0.2, 0.25) is 5.91 Å². The molecular formula is C13H17N3O2S. The van der Waals surface area contributed by atoms with Crippen LogP contribution in [-0.4, -0.2) is 36.7 Å². The summed E-state index contributed by atoms with van der Waals surface area (Å²) in [5.74, 6) is -0.379. The van der Waals surface area contributed by atoms with Crippen LogP contribution in [-0.2, 0) is 9.53 Å². The van der Waals surface area contributed by atoms with Crippen LogP contribution in [0.5, 0.6) is 0 Å². The standard InChI is InChI=1S/C13H17N3O2S/c1-8-6-9(2-3-10(8)13(15)19)16-4-5-18-7-11(16)12(14)17/h2-3,6,11H,4-5,7H2,1H3,(H2,14,17)(H2,15,19). The van der Waals surface area contributed by atoms with Crippen molar-refractivity contribution in [2.45, 2.75) is 13.0 Å². The van der Waals surface area contributed by atoms with Crippen molar-refractivity contribution in [1.82, 2.24) is 0 Å². The maximum absolute atomic E-state index is 11.5. The van der Waals surface area contributed by atoms with E-state index in [0.717, 1.165) is 16.8 Å². The molecule has 2 rings (SSSR count). The van der Waals surface area contributed by atoms with Crippen molar-refractivity contribution < 1.29 is 9.53 Å². The lowest BCUT2D eigenvalue weighted by molar-refractivity contribution is -0.121. The summed E-state index contributed by atoms with van der Waals surface area (Å²) < 4.78 is 5.30. The predicted octanol–water partition coefficient (Wildman–Crippen LogP) is 0.320. The number of rotatable bonds is 3. The van der Waals surface area contributed by atoms with Gasteiger partial charge in [-0.2, -0.15) is 0 Å². The molecule has 1 aliphatic heterocycles. The van der Waals surface area contributed by atoms with Crippen molar-refractivity contribution in [2.75, 3.05) is 24.7 Å². The maximum Gasteiger partial charge on any atom is 0.242 e. The molecule has 0 radical (unpaired) electrons. The summed E-state index contributed by atoms with van der Waals surface area (Å²) in [5, 5.41) is 0. The van der Waals surface area contributed by atoms with E-state index in [1.807, 2.05) is 30.0 Å². The molecule has 0 bridgehead atoms. The number of anilines is 1. The molecule has 0 aromatic heterocycles. The van der Waals surface area contributed by atoms with Crippen LogP contribution in [0.1, 0.15) is 11.1 Å². The highest BCUT2D eigenvalue weighted by Gasteiger charge is 2.28. The Morgan fingerprint density at radius 2 is 2.21 bits per heavy atom. The molecule has 1 aromatic rings. The first kappa shape index (κ1) is 13.8. The summed E-state index contributed by atoms with van der Waals surface area (Å²) >= 11 is 4.98. The number of amides is 1. The summed E-state index contributed by atoms with van der Waals surface area (Å²) in [7, 11) is 0. The van der Waals surface area contributed by atoms with Gasteiger partial charge < -0.3 is 21.1 Å². The van der Waals surface area contributed by atoms with Crippen molar-refractivity contribution in [1.29, 1.82) is 0 Å². The lowest BCUT2D eigenvalue weighted by Gasteiger charge is -2.35. The molecule has 102 valence electrons. The first-order chi connectivity index (χ1) is 9.00. The zero-order chi connectivity index (χ0) is 14.0. The third-order valence-corrected chi connectivity index (χ3v) is 3.48. The third kappa shape index (κ3) is 2.85. The Balaban J connectivity index is 2.32. The van der Waals surface area contributed by atoms with Gasteiger partial charge in [-0.1, -0.05) is 12.2 Å². The molecular weight excluding hydrogens is 262 g/mol. The molecule has 1 unspecified atom stereocenters. The van der Waals surface area contributed by atoms with Crippen molar-refractivity contribution >= 4 is 28.8 Å². The fraction of sp³-hybridized carbons (Fsp3) is 0.385. The van der Waals surface area contributed by atoms with Gasteiger partial charge in [-0.25, -0.2) is 0 Å². The number of carbonyl (C=O) groups is 1. The lowest BCUT2D eigenvalue weighted by Crippen LogP contribution is -2.52. The average Bonchev–Trinajstić information content (AvgIpc) is 2.38. The van der Waals surface area contributed by atoms with Crippen LogP contribution in [0, 0.1) is 6.92 Å². The summed E-state index contributed by atoms with van der Waals surface area (Å²) in [6.07, 6.45) is 0. The molecule has 4 N–H and O–H groups in total. The first-order valence-electron chi connectivity index (χ1n) is 6.05. The van der Waals surface area contributed by atoms with Gasteiger partial charge in [0, 0.05) is 17.8 Å². The minimum Gasteiger partial charge on any atom is -0.389 e. The SMILES string of the molecule is Cc1cc(N2CCOCC2C(N)=O)ccc1C(N)=S. The molecule has 0 spiro atoms. The van der Waals surface area contributed by atoms with Gasteiger partial charge in [0.25, 0.3) is 0 Å². The fourth-order valence-electron chi connectivity index (χ4n) is 2.25. The van der Waals surface area contributed by atoms with Gasteiger partial charge in [0.05, 0.1) is 13.2 Å². The van der Waals surface area contributed by atoms with Crippen LogP contribution in [0.2, 0.25) is 0 Å². The number of nitrogens with two attached hydrogens (primary N) is 2. The lowest BCUT2D eigenvalue weighted by atomic mass is 10.1. The van der Waals surface area contributed by atoms with Crippen LogP contribution in [0.15, 0.2) is 18.2 Å². The number of hydrogen-bond acceptors (Lipinski definition) is 4. The monoisotopic (exact) mass is 279 g/mol. The average molecular weight is 279 g/mol. The Bertz CT molecular complexity index is 519. The number of ether oxygens (including phenoxy) is 1. The van der Waals surface area contributed by atoms with Gasteiger partial charge in [-0.15, -0.1) is 0 Å². The Hall–Kier alpha value is -1.66. The van der Waals surface area contributed by atoms with Crippen molar-refractivity contribution in [3.05, 3.63) is 29.3 Å². The van der Waals surface area contributed by atoms with E-state index in [1.54, 1.807) is 0 Å². The molecule has 19 heavy (non-hydrogen) atoms. The Labute approximate surface area is 117 Å². The van der Waals surface area contributed by atoms with Crippen molar-refractivity contribution in [3.8, 4) is 0 Å². The molecule has 1 atom stereocenters. The number of thiocarbonyl (C=S) groups is 1. The number of primary amides is 1. The zero-order valence-electron chi connectivity index (χ0n) is 10.8. The number of benzene rings is 1. The van der Waals surface area contributed by atoms with E-state index in [0.29, 0.717) is 24.7 Å². The minimum atomic E-state index is -0.427. The Kier molecular flexibility index (Phi) is 4.01. The van der Waals surface area contributed by atoms with Gasteiger partial charge in [-0.3, -0.25) is 4.79 Å². The second-order valence-corrected chi connectivity index (χ2v) is 4.99. The molecule has 0 aliphatic carbocycles. The summed E-state index contributed by atoms with van der Waals surface area (Å²) in [6, 6.07) is 5.32. The van der Waals surface area contributed by atoms with Crippen LogP contribution >= 0.6 is 12.2 Å². The molecule has 6 heteroatoms. The number of carbonyl (C=O) groups excluding carboxylic acids is 1. The normalized spacial score (nSPS) is 19.2. The van der Waals surface area contributed by atoms with Crippen LogP contribution < -0.4 is 16.4 Å². The molecule has 1 heterocycles. The number of aryl methyl sites for hydroxylation is 1. The second-order valence-electron chi connectivity index (χ2n) is 4.55.